The molecule has 1 aliphatic rings. The van der Waals surface area contributed by atoms with Crippen LogP contribution >= 0.6 is 23.5 Å². The van der Waals surface area contributed by atoms with Gasteiger partial charge in [0, 0.05) is 34.0 Å². The number of carbonyl (C=O) groups excluding carboxylic acids is 3. The fourth-order valence-electron chi connectivity index (χ4n) is 5.34. The molecule has 0 saturated heterocycles. The number of nitrogens with zero attached hydrogens (tertiary/aromatic N) is 1. The number of hydrogen-bond donors (Lipinski definition) is 4. The number of hydrogen-bond acceptors (Lipinski definition) is 7. The quantitative estimate of drug-likeness (QED) is 0.139. The lowest BCUT2D eigenvalue weighted by atomic mass is 9.98. The normalized spacial score (nSPS) is 14.8. The SMILES string of the molecule is CSc1ccc2c(c1)SC[C@@H](NC(=O)CC(C)(C)NCc1ccco1)C(=O)N2Cc1ccc(-c2ccccc2CNC(N)=O)cc1. The predicted molar refractivity (Wildman–Crippen MR) is 185 cm³/mol. The van der Waals surface area contributed by atoms with Gasteiger partial charge in [-0.1, -0.05) is 48.5 Å². The summed E-state index contributed by atoms with van der Waals surface area (Å²) in [5, 5.41) is 9.07. The van der Waals surface area contributed by atoms with Crippen LogP contribution in [0.25, 0.3) is 11.1 Å². The average Bonchev–Trinajstić information content (AvgIpc) is 3.54. The summed E-state index contributed by atoms with van der Waals surface area (Å²) in [6, 6.07) is 24.5. The summed E-state index contributed by atoms with van der Waals surface area (Å²) >= 11 is 3.24. The molecule has 5 N–H and O–H groups in total. The maximum Gasteiger partial charge on any atom is 0.312 e. The number of thioether (sulfide) groups is 2. The second kappa shape index (κ2) is 14.9. The third-order valence-corrected chi connectivity index (χ3v) is 9.63. The van der Waals surface area contributed by atoms with Crippen molar-refractivity contribution in [3.63, 3.8) is 0 Å². The molecule has 1 aliphatic heterocycles. The molecule has 0 bridgehead atoms. The van der Waals surface area contributed by atoms with Gasteiger partial charge in [0.25, 0.3) is 5.91 Å². The van der Waals surface area contributed by atoms with Crippen LogP contribution in [0.4, 0.5) is 10.5 Å². The Hall–Kier alpha value is -4.19. The molecule has 11 heteroatoms. The monoisotopic (exact) mass is 657 g/mol. The number of nitrogens with two attached hydrogens (primary N) is 1. The van der Waals surface area contributed by atoms with Crippen molar-refractivity contribution in [3.8, 4) is 11.1 Å². The van der Waals surface area contributed by atoms with Crippen LogP contribution in [0.2, 0.25) is 0 Å². The number of fused-ring (bicyclic) bond motifs is 1. The van der Waals surface area contributed by atoms with E-state index < -0.39 is 17.6 Å². The Balaban J connectivity index is 1.33. The maximum absolute atomic E-state index is 14.1. The fraction of sp³-hybridized carbons (Fsp3) is 0.286. The molecule has 1 aromatic heterocycles. The molecule has 9 nitrogen and oxygen atoms in total. The summed E-state index contributed by atoms with van der Waals surface area (Å²) in [5.74, 6) is 0.880. The van der Waals surface area contributed by atoms with Crippen molar-refractivity contribution < 1.29 is 18.8 Å². The van der Waals surface area contributed by atoms with Crippen molar-refractivity contribution >= 4 is 47.1 Å². The molecule has 0 saturated carbocycles. The van der Waals surface area contributed by atoms with E-state index in [1.807, 2.05) is 92.9 Å². The summed E-state index contributed by atoms with van der Waals surface area (Å²) < 4.78 is 5.41. The van der Waals surface area contributed by atoms with Crippen LogP contribution in [-0.4, -0.2) is 41.4 Å². The van der Waals surface area contributed by atoms with E-state index in [4.69, 9.17) is 10.2 Å². The second-order valence-corrected chi connectivity index (χ2v) is 13.7. The van der Waals surface area contributed by atoms with Crippen molar-refractivity contribution in [1.82, 2.24) is 16.0 Å². The Morgan fingerprint density at radius 3 is 2.54 bits per heavy atom. The van der Waals surface area contributed by atoms with Crippen LogP contribution in [0.1, 0.15) is 37.2 Å². The van der Waals surface area contributed by atoms with Gasteiger partial charge in [-0.15, -0.1) is 23.5 Å². The van der Waals surface area contributed by atoms with Crippen LogP contribution in [0.5, 0.6) is 0 Å². The van der Waals surface area contributed by atoms with Gasteiger partial charge in [0.15, 0.2) is 0 Å². The van der Waals surface area contributed by atoms with Gasteiger partial charge < -0.3 is 31.0 Å². The standard InChI is InChI=1S/C35H39N5O4S2/c1-35(2,38-20-26-8-6-16-44-26)18-32(41)39-29-22-46-31-17-27(45-3)14-15-30(31)40(33(29)42)21-23-10-12-24(13-11-23)28-9-5-4-7-25(28)19-37-34(36)43/h4-17,29,38H,18-22H2,1-3H3,(H,39,41)(H3,36,37,43)/t29-/m1/s1. The molecule has 2 heterocycles. The number of nitrogens with one attached hydrogen (secondary N) is 3. The molecule has 0 radical (unpaired) electrons. The number of urea groups is 1. The smallest absolute Gasteiger partial charge is 0.312 e. The molecule has 0 aliphatic carbocycles. The first-order valence-electron chi connectivity index (χ1n) is 15.0. The number of rotatable bonds is 12. The minimum Gasteiger partial charge on any atom is -0.468 e. The Morgan fingerprint density at radius 1 is 1.04 bits per heavy atom. The summed E-state index contributed by atoms with van der Waals surface area (Å²) in [4.78, 5) is 42.6. The molecule has 0 fully saturated rings. The Morgan fingerprint density at radius 2 is 1.83 bits per heavy atom. The van der Waals surface area contributed by atoms with Crippen molar-refractivity contribution in [1.29, 1.82) is 0 Å². The Labute approximate surface area is 278 Å². The fourth-order valence-corrected chi connectivity index (χ4v) is 6.96. The highest BCUT2D eigenvalue weighted by molar-refractivity contribution is 8.00. The minimum absolute atomic E-state index is 0.148. The molecule has 5 rings (SSSR count). The van der Waals surface area contributed by atoms with Gasteiger partial charge in [-0.05, 0) is 72.7 Å². The Bertz CT molecular complexity index is 1670. The zero-order valence-electron chi connectivity index (χ0n) is 26.2. The van der Waals surface area contributed by atoms with E-state index in [0.717, 1.165) is 43.5 Å². The van der Waals surface area contributed by atoms with Gasteiger partial charge in [0.05, 0.1) is 25.0 Å². The number of primary amides is 1. The van der Waals surface area contributed by atoms with Crippen molar-refractivity contribution in [3.05, 3.63) is 102 Å². The van der Waals surface area contributed by atoms with Gasteiger partial charge in [-0.3, -0.25) is 9.59 Å². The lowest BCUT2D eigenvalue weighted by Crippen LogP contribution is -2.51. The van der Waals surface area contributed by atoms with Crippen LogP contribution < -0.4 is 26.6 Å². The van der Waals surface area contributed by atoms with Crippen molar-refractivity contribution in [2.75, 3.05) is 16.9 Å². The number of amides is 4. The lowest BCUT2D eigenvalue weighted by molar-refractivity contribution is -0.127. The van der Waals surface area contributed by atoms with E-state index in [9.17, 15) is 14.4 Å². The van der Waals surface area contributed by atoms with Crippen LogP contribution in [0.3, 0.4) is 0 Å². The predicted octanol–water partition coefficient (Wildman–Crippen LogP) is 5.92. The number of carbonyl (C=O) groups is 3. The molecule has 3 aromatic carbocycles. The number of anilines is 1. The highest BCUT2D eigenvalue weighted by Crippen LogP contribution is 2.38. The third kappa shape index (κ3) is 8.54. The second-order valence-electron chi connectivity index (χ2n) is 11.8. The van der Waals surface area contributed by atoms with E-state index in [0.29, 0.717) is 25.4 Å². The number of benzene rings is 3. The average molecular weight is 658 g/mol. The van der Waals surface area contributed by atoms with E-state index in [-0.39, 0.29) is 18.2 Å². The molecular formula is C35H39N5O4S2. The van der Waals surface area contributed by atoms with E-state index in [2.05, 4.69) is 22.0 Å². The van der Waals surface area contributed by atoms with Crippen LogP contribution in [-0.2, 0) is 29.2 Å². The lowest BCUT2D eigenvalue weighted by Gasteiger charge is -2.28. The first kappa shape index (κ1) is 33.2. The molecule has 1 atom stereocenters. The van der Waals surface area contributed by atoms with Gasteiger partial charge in [0.1, 0.15) is 11.8 Å². The summed E-state index contributed by atoms with van der Waals surface area (Å²) in [5.41, 5.74) is 9.49. The van der Waals surface area contributed by atoms with Gasteiger partial charge in [-0.2, -0.15) is 0 Å². The highest BCUT2D eigenvalue weighted by atomic mass is 32.2. The zero-order chi connectivity index (χ0) is 32.7. The summed E-state index contributed by atoms with van der Waals surface area (Å²) in [7, 11) is 0. The molecule has 4 amide bonds. The van der Waals surface area contributed by atoms with Crippen molar-refractivity contribution in [2.45, 2.75) is 61.3 Å². The summed E-state index contributed by atoms with van der Waals surface area (Å²) in [6.07, 6.45) is 3.85. The topological polar surface area (TPSA) is 130 Å². The molecule has 240 valence electrons. The van der Waals surface area contributed by atoms with E-state index >= 15 is 0 Å². The summed E-state index contributed by atoms with van der Waals surface area (Å²) in [6.45, 7) is 5.09. The maximum atomic E-state index is 14.1. The zero-order valence-corrected chi connectivity index (χ0v) is 27.8. The largest absolute Gasteiger partial charge is 0.468 e. The molecule has 0 spiro atoms. The van der Waals surface area contributed by atoms with Crippen molar-refractivity contribution in [2.24, 2.45) is 5.73 Å². The molecule has 46 heavy (non-hydrogen) atoms. The van der Waals surface area contributed by atoms with E-state index in [1.165, 1.54) is 0 Å². The third-order valence-electron chi connectivity index (χ3n) is 7.76. The number of furan rings is 1. The van der Waals surface area contributed by atoms with Gasteiger partial charge in [0.2, 0.25) is 5.91 Å². The first-order valence-corrected chi connectivity index (χ1v) is 17.2. The molecule has 0 unspecified atom stereocenters. The first-order chi connectivity index (χ1) is 22.1. The minimum atomic E-state index is -0.688. The van der Waals surface area contributed by atoms with Crippen LogP contribution in [0, 0.1) is 0 Å². The molecule has 4 aromatic rings. The van der Waals surface area contributed by atoms with E-state index in [1.54, 1.807) is 34.7 Å². The van der Waals surface area contributed by atoms with Gasteiger partial charge in [-0.25, -0.2) is 4.79 Å². The van der Waals surface area contributed by atoms with Crippen LogP contribution in [0.15, 0.2) is 99.3 Å². The van der Waals surface area contributed by atoms with Gasteiger partial charge >= 0.3 is 6.03 Å². The highest BCUT2D eigenvalue weighted by Gasteiger charge is 2.33. The Kier molecular flexibility index (Phi) is 10.8. The molecular weight excluding hydrogens is 619 g/mol.